The van der Waals surface area contributed by atoms with Crippen LogP contribution in [0.15, 0.2) is 53.1 Å². The Balaban J connectivity index is 2.12. The average molecular weight is 322 g/mol. The molecule has 0 spiro atoms. The molecule has 3 rings (SSSR count). The van der Waals surface area contributed by atoms with Crippen LogP contribution < -0.4 is 5.73 Å². The lowest BCUT2D eigenvalue weighted by atomic mass is 9.68. The summed E-state index contributed by atoms with van der Waals surface area (Å²) in [7, 11) is 0. The van der Waals surface area contributed by atoms with E-state index in [9.17, 15) is 10.1 Å². The number of benzene rings is 1. The van der Waals surface area contributed by atoms with Crippen molar-refractivity contribution in [2.24, 2.45) is 17.1 Å². The SMILES string of the molecule is C[C@H](c1ccccc1)[C@@H]1C(C#N)=C(N)OC2=C1C(=O)CC(C)(C)C2. The summed E-state index contributed by atoms with van der Waals surface area (Å²) in [5, 5.41) is 9.61. The van der Waals surface area contributed by atoms with Crippen molar-refractivity contribution in [3.8, 4) is 6.07 Å². The van der Waals surface area contributed by atoms with Crippen molar-refractivity contribution in [1.82, 2.24) is 0 Å². The monoisotopic (exact) mass is 322 g/mol. The molecule has 0 radical (unpaired) electrons. The number of nitrogens with two attached hydrogens (primary N) is 1. The molecule has 124 valence electrons. The van der Waals surface area contributed by atoms with E-state index in [1.54, 1.807) is 0 Å². The molecule has 2 atom stereocenters. The first kappa shape index (κ1) is 16.3. The number of hydrogen-bond acceptors (Lipinski definition) is 4. The van der Waals surface area contributed by atoms with Crippen LogP contribution in [0.3, 0.4) is 0 Å². The fourth-order valence-electron chi connectivity index (χ4n) is 3.77. The number of allylic oxidation sites excluding steroid dienone is 3. The summed E-state index contributed by atoms with van der Waals surface area (Å²) in [6.45, 7) is 6.13. The maximum atomic E-state index is 12.8. The van der Waals surface area contributed by atoms with Gasteiger partial charge in [-0.3, -0.25) is 4.79 Å². The molecule has 1 heterocycles. The van der Waals surface area contributed by atoms with Gasteiger partial charge in [-0.15, -0.1) is 0 Å². The Morgan fingerprint density at radius 2 is 1.96 bits per heavy atom. The normalized spacial score (nSPS) is 24.1. The highest BCUT2D eigenvalue weighted by atomic mass is 16.5. The molecule has 1 aliphatic heterocycles. The van der Waals surface area contributed by atoms with Gasteiger partial charge in [-0.2, -0.15) is 5.26 Å². The number of carbonyl (C=O) groups is 1. The zero-order chi connectivity index (χ0) is 17.5. The van der Waals surface area contributed by atoms with E-state index in [0.717, 1.165) is 5.56 Å². The molecule has 0 aromatic heterocycles. The van der Waals surface area contributed by atoms with E-state index in [1.165, 1.54) is 0 Å². The quantitative estimate of drug-likeness (QED) is 0.899. The minimum atomic E-state index is -0.343. The van der Waals surface area contributed by atoms with Gasteiger partial charge < -0.3 is 10.5 Å². The van der Waals surface area contributed by atoms with Gasteiger partial charge in [0.2, 0.25) is 5.88 Å². The maximum Gasteiger partial charge on any atom is 0.204 e. The summed E-state index contributed by atoms with van der Waals surface area (Å²) in [6, 6.07) is 12.1. The van der Waals surface area contributed by atoms with Crippen LogP contribution in [0.5, 0.6) is 0 Å². The maximum absolute atomic E-state index is 12.8. The second-order valence-corrected chi connectivity index (χ2v) is 7.45. The summed E-state index contributed by atoms with van der Waals surface area (Å²) < 4.78 is 5.71. The van der Waals surface area contributed by atoms with Crippen LogP contribution in [0, 0.1) is 22.7 Å². The predicted molar refractivity (Wildman–Crippen MR) is 91.3 cm³/mol. The fraction of sp³-hybridized carbons (Fsp3) is 0.400. The standard InChI is InChI=1S/C20H22N2O2/c1-12(13-7-5-4-6-8-13)17-14(11-21)19(22)24-16-10-20(2,3)9-15(23)18(16)17/h4-8,12,17H,9-10,22H2,1-3H3/t12-,17-/m1/s1. The summed E-state index contributed by atoms with van der Waals surface area (Å²) in [5.74, 6) is 0.465. The second-order valence-electron chi connectivity index (χ2n) is 7.45. The molecular formula is C20H22N2O2. The van der Waals surface area contributed by atoms with E-state index in [1.807, 2.05) is 51.1 Å². The molecule has 0 amide bonds. The molecule has 1 aliphatic carbocycles. The minimum absolute atomic E-state index is 0.0292. The molecule has 24 heavy (non-hydrogen) atoms. The smallest absolute Gasteiger partial charge is 0.204 e. The van der Waals surface area contributed by atoms with Gasteiger partial charge in [0.1, 0.15) is 11.8 Å². The Morgan fingerprint density at radius 3 is 2.58 bits per heavy atom. The summed E-state index contributed by atoms with van der Waals surface area (Å²) in [4.78, 5) is 12.8. The molecule has 0 bridgehead atoms. The predicted octanol–water partition coefficient (Wildman–Crippen LogP) is 3.77. The number of rotatable bonds is 2. The topological polar surface area (TPSA) is 76.1 Å². The number of Topliss-reactive ketones (excluding diaryl/α,β-unsaturated/α-hetero) is 1. The molecule has 0 saturated heterocycles. The van der Waals surface area contributed by atoms with Crippen LogP contribution in [-0.4, -0.2) is 5.78 Å². The van der Waals surface area contributed by atoms with Crippen LogP contribution in [0.4, 0.5) is 0 Å². The highest BCUT2D eigenvalue weighted by Gasteiger charge is 2.44. The molecule has 0 saturated carbocycles. The van der Waals surface area contributed by atoms with Gasteiger partial charge in [-0.1, -0.05) is 51.1 Å². The number of nitriles is 1. The Labute approximate surface area is 142 Å². The van der Waals surface area contributed by atoms with E-state index in [4.69, 9.17) is 10.5 Å². The Morgan fingerprint density at radius 1 is 1.29 bits per heavy atom. The van der Waals surface area contributed by atoms with Gasteiger partial charge in [-0.25, -0.2) is 0 Å². The molecular weight excluding hydrogens is 300 g/mol. The van der Waals surface area contributed by atoms with Gasteiger partial charge in [0.15, 0.2) is 5.78 Å². The summed E-state index contributed by atoms with van der Waals surface area (Å²) >= 11 is 0. The summed E-state index contributed by atoms with van der Waals surface area (Å²) in [6.07, 6.45) is 1.12. The highest BCUT2D eigenvalue weighted by Crippen LogP contribution is 2.48. The van der Waals surface area contributed by atoms with Crippen molar-refractivity contribution >= 4 is 5.78 Å². The van der Waals surface area contributed by atoms with E-state index >= 15 is 0 Å². The average Bonchev–Trinajstić information content (AvgIpc) is 2.52. The third-order valence-electron chi connectivity index (χ3n) is 4.95. The zero-order valence-electron chi connectivity index (χ0n) is 14.3. The molecule has 0 unspecified atom stereocenters. The Kier molecular flexibility index (Phi) is 3.96. The lowest BCUT2D eigenvalue weighted by Gasteiger charge is -2.39. The van der Waals surface area contributed by atoms with Crippen molar-refractivity contribution in [2.45, 2.75) is 39.5 Å². The molecule has 2 aliphatic rings. The van der Waals surface area contributed by atoms with E-state index in [-0.39, 0.29) is 28.9 Å². The van der Waals surface area contributed by atoms with Gasteiger partial charge in [0.25, 0.3) is 0 Å². The van der Waals surface area contributed by atoms with Crippen molar-refractivity contribution in [3.05, 3.63) is 58.7 Å². The van der Waals surface area contributed by atoms with Crippen molar-refractivity contribution in [1.29, 1.82) is 5.26 Å². The summed E-state index contributed by atoms with van der Waals surface area (Å²) in [5.41, 5.74) is 7.95. The number of nitrogens with zero attached hydrogens (tertiary/aromatic N) is 1. The van der Waals surface area contributed by atoms with Crippen molar-refractivity contribution in [2.75, 3.05) is 0 Å². The zero-order valence-corrected chi connectivity index (χ0v) is 14.3. The van der Waals surface area contributed by atoms with Crippen molar-refractivity contribution < 1.29 is 9.53 Å². The van der Waals surface area contributed by atoms with Crippen LogP contribution in [0.25, 0.3) is 0 Å². The van der Waals surface area contributed by atoms with E-state index in [0.29, 0.717) is 29.7 Å². The van der Waals surface area contributed by atoms with Crippen LogP contribution in [0.2, 0.25) is 0 Å². The first-order valence-electron chi connectivity index (χ1n) is 8.23. The molecule has 1 aromatic carbocycles. The largest absolute Gasteiger partial charge is 0.444 e. The number of carbonyl (C=O) groups excluding carboxylic acids is 1. The van der Waals surface area contributed by atoms with Gasteiger partial charge in [0.05, 0.1) is 5.57 Å². The van der Waals surface area contributed by atoms with Crippen LogP contribution >= 0.6 is 0 Å². The first-order valence-corrected chi connectivity index (χ1v) is 8.23. The van der Waals surface area contributed by atoms with Crippen LogP contribution in [0.1, 0.15) is 45.1 Å². The Hall–Kier alpha value is -2.54. The first-order chi connectivity index (χ1) is 11.3. The molecule has 2 N–H and O–H groups in total. The third kappa shape index (κ3) is 2.71. The van der Waals surface area contributed by atoms with E-state index < -0.39 is 0 Å². The van der Waals surface area contributed by atoms with Gasteiger partial charge in [0, 0.05) is 24.3 Å². The number of ether oxygens (including phenoxy) is 1. The lowest BCUT2D eigenvalue weighted by Crippen LogP contribution is -2.36. The fourth-order valence-corrected chi connectivity index (χ4v) is 3.77. The lowest BCUT2D eigenvalue weighted by molar-refractivity contribution is -0.119. The van der Waals surface area contributed by atoms with Crippen molar-refractivity contribution in [3.63, 3.8) is 0 Å². The van der Waals surface area contributed by atoms with E-state index in [2.05, 4.69) is 6.07 Å². The number of hydrogen-bond donors (Lipinski definition) is 1. The third-order valence-corrected chi connectivity index (χ3v) is 4.95. The number of ketones is 1. The van der Waals surface area contributed by atoms with Gasteiger partial charge >= 0.3 is 0 Å². The highest BCUT2D eigenvalue weighted by molar-refractivity contribution is 5.99. The molecule has 0 fully saturated rings. The second kappa shape index (κ2) is 5.83. The minimum Gasteiger partial charge on any atom is -0.444 e. The molecule has 4 heteroatoms. The Bertz CT molecular complexity index is 782. The molecule has 4 nitrogen and oxygen atoms in total. The van der Waals surface area contributed by atoms with Gasteiger partial charge in [-0.05, 0) is 16.9 Å². The molecule has 1 aromatic rings. The van der Waals surface area contributed by atoms with Crippen LogP contribution in [-0.2, 0) is 9.53 Å².